The molecule has 0 aliphatic carbocycles. The Kier molecular flexibility index (Phi) is 6.18. The van der Waals surface area contributed by atoms with Crippen LogP contribution in [-0.4, -0.2) is 31.8 Å². The second-order valence-electron chi connectivity index (χ2n) is 4.59. The van der Waals surface area contributed by atoms with E-state index in [1.54, 1.807) is 18.2 Å². The van der Waals surface area contributed by atoms with Gasteiger partial charge in [-0.1, -0.05) is 6.07 Å². The topological polar surface area (TPSA) is 61.8 Å². The third kappa shape index (κ3) is 5.01. The Morgan fingerprint density at radius 1 is 1.25 bits per heavy atom. The van der Waals surface area contributed by atoms with E-state index in [1.165, 1.54) is 14.0 Å². The smallest absolute Gasteiger partial charge is 0.341 e. The van der Waals surface area contributed by atoms with Gasteiger partial charge in [-0.2, -0.15) is 0 Å². The Morgan fingerprint density at radius 3 is 2.50 bits per heavy atom. The van der Waals surface area contributed by atoms with Crippen LogP contribution in [0.1, 0.15) is 36.7 Å². The Hall–Kier alpha value is -1.88. The molecule has 0 atom stereocenters. The van der Waals surface area contributed by atoms with Crippen LogP contribution in [0, 0.1) is 0 Å². The molecule has 0 N–H and O–H groups in total. The van der Waals surface area contributed by atoms with Gasteiger partial charge < -0.3 is 14.2 Å². The van der Waals surface area contributed by atoms with Gasteiger partial charge >= 0.3 is 11.9 Å². The standard InChI is InChI=1S/C15H20O5/c1-10(2)19-8-7-12-5-6-13(15(17)18-4)14(9-12)20-11(3)16/h5-6,9-10H,7-8H2,1-4H3. The number of carbonyl (C=O) groups excluding carboxylic acids is 2. The minimum Gasteiger partial charge on any atom is -0.465 e. The molecule has 0 saturated heterocycles. The van der Waals surface area contributed by atoms with E-state index in [1.807, 2.05) is 13.8 Å². The van der Waals surface area contributed by atoms with Crippen molar-refractivity contribution < 1.29 is 23.8 Å². The molecule has 0 aliphatic heterocycles. The highest BCUT2D eigenvalue weighted by molar-refractivity contribution is 5.93. The minimum absolute atomic E-state index is 0.164. The predicted octanol–water partition coefficient (Wildman–Crippen LogP) is 2.37. The quantitative estimate of drug-likeness (QED) is 0.591. The monoisotopic (exact) mass is 280 g/mol. The molecule has 5 nitrogen and oxygen atoms in total. The lowest BCUT2D eigenvalue weighted by Gasteiger charge is -2.11. The molecule has 0 aliphatic rings. The van der Waals surface area contributed by atoms with Crippen LogP contribution in [0.2, 0.25) is 0 Å². The highest BCUT2D eigenvalue weighted by Gasteiger charge is 2.15. The summed E-state index contributed by atoms with van der Waals surface area (Å²) < 4.78 is 15.2. The van der Waals surface area contributed by atoms with Gasteiger partial charge in [0.1, 0.15) is 11.3 Å². The van der Waals surface area contributed by atoms with E-state index in [9.17, 15) is 9.59 Å². The number of hydrogen-bond donors (Lipinski definition) is 0. The number of methoxy groups -OCH3 is 1. The van der Waals surface area contributed by atoms with Crippen molar-refractivity contribution >= 4 is 11.9 Å². The fourth-order valence-corrected chi connectivity index (χ4v) is 1.65. The maximum absolute atomic E-state index is 11.6. The summed E-state index contributed by atoms with van der Waals surface area (Å²) in [5.74, 6) is -0.802. The number of benzene rings is 1. The largest absolute Gasteiger partial charge is 0.465 e. The Morgan fingerprint density at radius 2 is 1.95 bits per heavy atom. The molecule has 1 rings (SSSR count). The van der Waals surface area contributed by atoms with Crippen molar-refractivity contribution in [3.8, 4) is 5.75 Å². The van der Waals surface area contributed by atoms with Gasteiger partial charge in [0.05, 0.1) is 19.8 Å². The summed E-state index contributed by atoms with van der Waals surface area (Å²) in [5, 5.41) is 0. The van der Waals surface area contributed by atoms with Gasteiger partial charge in [-0.15, -0.1) is 0 Å². The second-order valence-corrected chi connectivity index (χ2v) is 4.59. The maximum atomic E-state index is 11.6. The number of carbonyl (C=O) groups is 2. The molecular formula is C15H20O5. The Bertz CT molecular complexity index is 479. The van der Waals surface area contributed by atoms with Crippen molar-refractivity contribution in [1.29, 1.82) is 0 Å². The Balaban J connectivity index is 2.89. The molecule has 5 heteroatoms. The van der Waals surface area contributed by atoms with Gasteiger partial charge in [0.2, 0.25) is 0 Å². The van der Waals surface area contributed by atoms with Crippen molar-refractivity contribution in [3.63, 3.8) is 0 Å². The zero-order chi connectivity index (χ0) is 15.1. The molecule has 1 aromatic rings. The summed E-state index contributed by atoms with van der Waals surface area (Å²) in [4.78, 5) is 22.7. The summed E-state index contributed by atoms with van der Waals surface area (Å²) in [5.41, 5.74) is 1.16. The molecule has 0 fully saturated rings. The van der Waals surface area contributed by atoms with E-state index >= 15 is 0 Å². The molecule has 20 heavy (non-hydrogen) atoms. The summed E-state index contributed by atoms with van der Waals surface area (Å²) in [6.45, 7) is 5.78. The summed E-state index contributed by atoms with van der Waals surface area (Å²) >= 11 is 0. The van der Waals surface area contributed by atoms with E-state index < -0.39 is 11.9 Å². The number of esters is 2. The molecule has 0 saturated carbocycles. The van der Waals surface area contributed by atoms with E-state index in [2.05, 4.69) is 4.74 Å². The van der Waals surface area contributed by atoms with Crippen LogP contribution in [0.4, 0.5) is 0 Å². The molecule has 0 bridgehead atoms. The van der Waals surface area contributed by atoms with Crippen molar-refractivity contribution in [2.24, 2.45) is 0 Å². The molecule has 110 valence electrons. The normalized spacial score (nSPS) is 10.4. The van der Waals surface area contributed by atoms with Gasteiger partial charge in [-0.25, -0.2) is 4.79 Å². The lowest BCUT2D eigenvalue weighted by Crippen LogP contribution is -2.10. The van der Waals surface area contributed by atoms with Gasteiger partial charge in [0, 0.05) is 6.92 Å². The van der Waals surface area contributed by atoms with Crippen molar-refractivity contribution in [2.75, 3.05) is 13.7 Å². The fraction of sp³-hybridized carbons (Fsp3) is 0.467. The van der Waals surface area contributed by atoms with Gasteiger partial charge in [0.25, 0.3) is 0 Å². The van der Waals surface area contributed by atoms with Crippen LogP contribution in [-0.2, 0) is 20.7 Å². The molecule has 0 heterocycles. The number of hydrogen-bond acceptors (Lipinski definition) is 5. The van der Waals surface area contributed by atoms with Crippen LogP contribution in [0.5, 0.6) is 5.75 Å². The lowest BCUT2D eigenvalue weighted by molar-refractivity contribution is -0.131. The summed E-state index contributed by atoms with van der Waals surface area (Å²) in [7, 11) is 1.28. The van der Waals surface area contributed by atoms with Crippen LogP contribution >= 0.6 is 0 Å². The first-order chi connectivity index (χ1) is 9.43. The minimum atomic E-state index is -0.536. The highest BCUT2D eigenvalue weighted by atomic mass is 16.5. The molecule has 0 aromatic heterocycles. The fourth-order valence-electron chi connectivity index (χ4n) is 1.65. The van der Waals surface area contributed by atoms with Gasteiger partial charge in [0.15, 0.2) is 0 Å². The SMILES string of the molecule is COC(=O)c1ccc(CCOC(C)C)cc1OC(C)=O. The predicted molar refractivity (Wildman–Crippen MR) is 73.9 cm³/mol. The zero-order valence-corrected chi connectivity index (χ0v) is 12.3. The average Bonchev–Trinajstić information content (AvgIpc) is 2.37. The van der Waals surface area contributed by atoms with E-state index in [0.29, 0.717) is 13.0 Å². The van der Waals surface area contributed by atoms with Crippen LogP contribution in [0.3, 0.4) is 0 Å². The van der Waals surface area contributed by atoms with E-state index in [-0.39, 0.29) is 17.4 Å². The molecule has 0 radical (unpaired) electrons. The van der Waals surface area contributed by atoms with Crippen LogP contribution in [0.15, 0.2) is 18.2 Å². The van der Waals surface area contributed by atoms with E-state index in [0.717, 1.165) is 5.56 Å². The molecule has 1 aromatic carbocycles. The van der Waals surface area contributed by atoms with Crippen molar-refractivity contribution in [3.05, 3.63) is 29.3 Å². The van der Waals surface area contributed by atoms with Crippen LogP contribution in [0.25, 0.3) is 0 Å². The third-order valence-corrected chi connectivity index (χ3v) is 2.55. The van der Waals surface area contributed by atoms with Crippen molar-refractivity contribution in [1.82, 2.24) is 0 Å². The van der Waals surface area contributed by atoms with Crippen LogP contribution < -0.4 is 4.74 Å². The second kappa shape index (κ2) is 7.65. The molecule has 0 amide bonds. The summed E-state index contributed by atoms with van der Waals surface area (Å²) in [6.07, 6.45) is 0.839. The number of rotatable bonds is 6. The molecule has 0 unspecified atom stereocenters. The average molecular weight is 280 g/mol. The van der Waals surface area contributed by atoms with Crippen molar-refractivity contribution in [2.45, 2.75) is 33.3 Å². The zero-order valence-electron chi connectivity index (χ0n) is 12.3. The lowest BCUT2D eigenvalue weighted by atomic mass is 10.1. The summed E-state index contributed by atoms with van der Waals surface area (Å²) in [6, 6.07) is 5.05. The third-order valence-electron chi connectivity index (χ3n) is 2.55. The van der Waals surface area contributed by atoms with Gasteiger partial charge in [-0.3, -0.25) is 4.79 Å². The first-order valence-corrected chi connectivity index (χ1v) is 6.45. The molecular weight excluding hydrogens is 260 g/mol. The highest BCUT2D eigenvalue weighted by Crippen LogP contribution is 2.22. The first-order valence-electron chi connectivity index (χ1n) is 6.45. The Labute approximate surface area is 118 Å². The first kappa shape index (κ1) is 16.2. The molecule has 0 spiro atoms. The number of ether oxygens (including phenoxy) is 3. The van der Waals surface area contributed by atoms with E-state index in [4.69, 9.17) is 9.47 Å². The maximum Gasteiger partial charge on any atom is 0.341 e. The van der Waals surface area contributed by atoms with Gasteiger partial charge in [-0.05, 0) is 38.0 Å².